The number of rotatable bonds is 7. The van der Waals surface area contributed by atoms with Crippen molar-refractivity contribution in [3.05, 3.63) is 0 Å². The predicted molar refractivity (Wildman–Crippen MR) is 66.0 cm³/mol. The van der Waals surface area contributed by atoms with Crippen LogP contribution in [0.3, 0.4) is 0 Å². The van der Waals surface area contributed by atoms with Crippen LogP contribution in [-0.2, 0) is 14.3 Å². The van der Waals surface area contributed by atoms with Crippen LogP contribution in [0.5, 0.6) is 0 Å². The zero-order chi connectivity index (χ0) is 12.9. The lowest BCUT2D eigenvalue weighted by Crippen LogP contribution is -2.59. The van der Waals surface area contributed by atoms with Gasteiger partial charge in [0.25, 0.3) is 0 Å². The molecule has 0 bridgehead atoms. The minimum Gasteiger partial charge on any atom is -0.377 e. The summed E-state index contributed by atoms with van der Waals surface area (Å²) in [6, 6.07) is 0. The normalized spacial score (nSPS) is 17.9. The first-order valence-electron chi connectivity index (χ1n) is 6.13. The second-order valence-electron chi connectivity index (χ2n) is 5.08. The van der Waals surface area contributed by atoms with E-state index in [9.17, 15) is 4.79 Å². The average molecular weight is 244 g/mol. The maximum atomic E-state index is 11.7. The highest BCUT2D eigenvalue weighted by molar-refractivity contribution is 5.77. The standard InChI is InChI=1S/C12H24N2O3/c1-10(2)16-6-5-14(4)11(15)7-17-12(3)8-13-9-12/h10,13H,5-9H2,1-4H3. The van der Waals surface area contributed by atoms with E-state index in [1.165, 1.54) is 0 Å². The molecule has 1 amide bonds. The van der Waals surface area contributed by atoms with Crippen molar-refractivity contribution in [3.8, 4) is 0 Å². The van der Waals surface area contributed by atoms with E-state index in [0.29, 0.717) is 13.2 Å². The van der Waals surface area contributed by atoms with E-state index < -0.39 is 0 Å². The lowest BCUT2D eigenvalue weighted by Gasteiger charge is -2.39. The molecule has 100 valence electrons. The molecule has 1 saturated heterocycles. The Hall–Kier alpha value is -0.650. The molecule has 1 N–H and O–H groups in total. The lowest BCUT2D eigenvalue weighted by atomic mass is 10.0. The highest BCUT2D eigenvalue weighted by Gasteiger charge is 2.33. The molecule has 0 aromatic carbocycles. The van der Waals surface area contributed by atoms with Crippen molar-refractivity contribution in [2.24, 2.45) is 0 Å². The third kappa shape index (κ3) is 5.02. The Kier molecular flexibility index (Phi) is 5.36. The van der Waals surface area contributed by atoms with Crippen LogP contribution in [0.1, 0.15) is 20.8 Å². The molecule has 0 aromatic heterocycles. The molecule has 1 heterocycles. The Morgan fingerprint density at radius 2 is 2.12 bits per heavy atom. The zero-order valence-electron chi connectivity index (χ0n) is 11.3. The molecular weight excluding hydrogens is 220 g/mol. The van der Waals surface area contributed by atoms with Crippen LogP contribution in [0.25, 0.3) is 0 Å². The molecule has 0 atom stereocenters. The molecule has 5 nitrogen and oxygen atoms in total. The Morgan fingerprint density at radius 1 is 1.47 bits per heavy atom. The fraction of sp³-hybridized carbons (Fsp3) is 0.917. The number of hydrogen-bond donors (Lipinski definition) is 1. The summed E-state index contributed by atoms with van der Waals surface area (Å²) in [7, 11) is 1.77. The second-order valence-corrected chi connectivity index (χ2v) is 5.08. The molecule has 17 heavy (non-hydrogen) atoms. The molecule has 1 aliphatic rings. The van der Waals surface area contributed by atoms with Crippen LogP contribution < -0.4 is 5.32 Å². The lowest BCUT2D eigenvalue weighted by molar-refractivity contribution is -0.145. The molecule has 1 fully saturated rings. The van der Waals surface area contributed by atoms with Crippen molar-refractivity contribution in [3.63, 3.8) is 0 Å². The highest BCUT2D eigenvalue weighted by Crippen LogP contribution is 2.14. The van der Waals surface area contributed by atoms with Gasteiger partial charge in [0.15, 0.2) is 0 Å². The summed E-state index contributed by atoms with van der Waals surface area (Å²) in [5.41, 5.74) is -0.162. The van der Waals surface area contributed by atoms with Gasteiger partial charge in [-0.25, -0.2) is 0 Å². The summed E-state index contributed by atoms with van der Waals surface area (Å²) in [5.74, 6) is 0.00508. The highest BCUT2D eigenvalue weighted by atomic mass is 16.5. The molecule has 1 aliphatic heterocycles. The third-order valence-corrected chi connectivity index (χ3v) is 2.85. The Balaban J connectivity index is 2.13. The molecule has 0 aromatic rings. The molecule has 0 radical (unpaired) electrons. The first-order valence-corrected chi connectivity index (χ1v) is 6.13. The van der Waals surface area contributed by atoms with E-state index in [1.54, 1.807) is 11.9 Å². The summed E-state index contributed by atoms with van der Waals surface area (Å²) in [6.45, 7) is 8.94. The number of likely N-dealkylation sites (N-methyl/N-ethyl adjacent to an activating group) is 1. The van der Waals surface area contributed by atoms with Crippen molar-refractivity contribution < 1.29 is 14.3 Å². The summed E-state index contributed by atoms with van der Waals surface area (Å²) in [6.07, 6.45) is 0.203. The third-order valence-electron chi connectivity index (χ3n) is 2.85. The molecule has 5 heteroatoms. The van der Waals surface area contributed by atoms with Crippen molar-refractivity contribution in [2.45, 2.75) is 32.5 Å². The van der Waals surface area contributed by atoms with Gasteiger partial charge >= 0.3 is 0 Å². The number of hydrogen-bond acceptors (Lipinski definition) is 4. The van der Waals surface area contributed by atoms with Gasteiger partial charge in [0.2, 0.25) is 5.91 Å². The molecule has 0 unspecified atom stereocenters. The van der Waals surface area contributed by atoms with Gasteiger partial charge < -0.3 is 19.7 Å². The second kappa shape index (κ2) is 6.33. The molecule has 0 saturated carbocycles. The van der Waals surface area contributed by atoms with E-state index in [0.717, 1.165) is 13.1 Å². The molecule has 1 rings (SSSR count). The maximum absolute atomic E-state index is 11.7. The van der Waals surface area contributed by atoms with Gasteiger partial charge in [0.1, 0.15) is 6.61 Å². The van der Waals surface area contributed by atoms with Crippen molar-refractivity contribution in [2.75, 3.05) is 39.9 Å². The number of amides is 1. The number of carbonyl (C=O) groups excluding carboxylic acids is 1. The summed E-state index contributed by atoms with van der Waals surface area (Å²) in [4.78, 5) is 13.4. The summed E-state index contributed by atoms with van der Waals surface area (Å²) in [5, 5.41) is 3.13. The minimum absolute atomic E-state index is 0.00508. The SMILES string of the molecule is CC(C)OCCN(C)C(=O)COC1(C)CNC1. The average Bonchev–Trinajstić information content (AvgIpc) is 2.22. The summed E-state index contributed by atoms with van der Waals surface area (Å²) >= 11 is 0. The number of carbonyl (C=O) groups is 1. The monoisotopic (exact) mass is 244 g/mol. The van der Waals surface area contributed by atoms with E-state index in [4.69, 9.17) is 9.47 Å². The van der Waals surface area contributed by atoms with Crippen LogP contribution >= 0.6 is 0 Å². The quantitative estimate of drug-likeness (QED) is 0.697. The van der Waals surface area contributed by atoms with Crippen LogP contribution in [0, 0.1) is 0 Å². The molecule has 0 spiro atoms. The van der Waals surface area contributed by atoms with Crippen molar-refractivity contribution in [1.29, 1.82) is 0 Å². The first kappa shape index (κ1) is 14.4. The molecule has 0 aliphatic carbocycles. The zero-order valence-corrected chi connectivity index (χ0v) is 11.3. The Bertz CT molecular complexity index is 252. The minimum atomic E-state index is -0.162. The van der Waals surface area contributed by atoms with E-state index in [-0.39, 0.29) is 24.2 Å². The number of ether oxygens (including phenoxy) is 2. The first-order chi connectivity index (χ1) is 7.93. The fourth-order valence-electron chi connectivity index (χ4n) is 1.48. The smallest absolute Gasteiger partial charge is 0.248 e. The van der Waals surface area contributed by atoms with Crippen molar-refractivity contribution >= 4 is 5.91 Å². The van der Waals surface area contributed by atoms with Gasteiger partial charge in [0, 0.05) is 26.7 Å². The summed E-state index contributed by atoms with van der Waals surface area (Å²) < 4.78 is 11.0. The Morgan fingerprint density at radius 3 is 2.59 bits per heavy atom. The van der Waals surface area contributed by atoms with E-state index >= 15 is 0 Å². The van der Waals surface area contributed by atoms with Gasteiger partial charge in [-0.3, -0.25) is 4.79 Å². The van der Waals surface area contributed by atoms with Crippen LogP contribution in [0.2, 0.25) is 0 Å². The van der Waals surface area contributed by atoms with Gasteiger partial charge in [-0.2, -0.15) is 0 Å². The van der Waals surface area contributed by atoms with Gasteiger partial charge in [-0.1, -0.05) is 0 Å². The van der Waals surface area contributed by atoms with E-state index in [2.05, 4.69) is 5.32 Å². The van der Waals surface area contributed by atoms with E-state index in [1.807, 2.05) is 20.8 Å². The largest absolute Gasteiger partial charge is 0.377 e. The van der Waals surface area contributed by atoms with Crippen LogP contribution in [-0.4, -0.2) is 62.4 Å². The maximum Gasteiger partial charge on any atom is 0.248 e. The van der Waals surface area contributed by atoms with Crippen molar-refractivity contribution in [1.82, 2.24) is 10.2 Å². The molecular formula is C12H24N2O3. The Labute approximate surface area is 103 Å². The van der Waals surface area contributed by atoms with Crippen LogP contribution in [0.4, 0.5) is 0 Å². The predicted octanol–water partition coefficient (Wildman–Crippen LogP) is 0.248. The topological polar surface area (TPSA) is 50.8 Å². The number of nitrogens with one attached hydrogen (secondary N) is 1. The van der Waals surface area contributed by atoms with Crippen LogP contribution in [0.15, 0.2) is 0 Å². The van der Waals surface area contributed by atoms with Gasteiger partial charge in [-0.15, -0.1) is 0 Å². The van der Waals surface area contributed by atoms with Gasteiger partial charge in [0.05, 0.1) is 18.3 Å². The fourth-order valence-corrected chi connectivity index (χ4v) is 1.48. The number of nitrogens with zero attached hydrogens (tertiary/aromatic N) is 1. The van der Waals surface area contributed by atoms with Gasteiger partial charge in [-0.05, 0) is 20.8 Å².